The van der Waals surface area contributed by atoms with E-state index in [0.29, 0.717) is 5.69 Å². The van der Waals surface area contributed by atoms with Crippen molar-refractivity contribution >= 4 is 41.2 Å². The summed E-state index contributed by atoms with van der Waals surface area (Å²) < 4.78 is 4.77. The van der Waals surface area contributed by atoms with Gasteiger partial charge < -0.3 is 4.90 Å². The molecule has 4 rings (SSSR count). The topological polar surface area (TPSA) is 75.2 Å². The number of aliphatic imine (C=N–C) groups is 1. The Kier molecular flexibility index (Phi) is 6.00. The molecular formula is C23H24N6O2S. The Morgan fingerprint density at radius 3 is 2.38 bits per heavy atom. The van der Waals surface area contributed by atoms with Gasteiger partial charge in [0, 0.05) is 26.8 Å². The van der Waals surface area contributed by atoms with Gasteiger partial charge in [0.1, 0.15) is 0 Å². The van der Waals surface area contributed by atoms with Crippen molar-refractivity contribution in [2.75, 3.05) is 24.7 Å². The minimum Gasteiger partial charge on any atom is -0.378 e. The largest absolute Gasteiger partial charge is 0.378 e. The maximum Gasteiger partial charge on any atom is 0.297 e. The molecule has 0 amide bonds. The maximum atomic E-state index is 13.1. The van der Waals surface area contributed by atoms with Crippen LogP contribution >= 0.6 is 11.9 Å². The molecule has 1 aliphatic heterocycles. The number of nitrogens with zero attached hydrogens (tertiary/aromatic N) is 6. The van der Waals surface area contributed by atoms with Gasteiger partial charge in [0.25, 0.3) is 5.56 Å². The summed E-state index contributed by atoms with van der Waals surface area (Å²) in [4.78, 5) is 32.1. The van der Waals surface area contributed by atoms with Gasteiger partial charge in [0.2, 0.25) is 11.6 Å². The molecular weight excluding hydrogens is 424 g/mol. The van der Waals surface area contributed by atoms with E-state index in [1.54, 1.807) is 22.6 Å². The molecule has 1 saturated heterocycles. The molecule has 1 aliphatic rings. The number of hydrogen-bond donors (Lipinski definition) is 0. The van der Waals surface area contributed by atoms with E-state index in [-0.39, 0.29) is 28.6 Å². The molecule has 8 nitrogen and oxygen atoms in total. The van der Waals surface area contributed by atoms with Gasteiger partial charge in [-0.3, -0.25) is 14.3 Å². The van der Waals surface area contributed by atoms with Crippen molar-refractivity contribution in [1.29, 1.82) is 0 Å². The van der Waals surface area contributed by atoms with Gasteiger partial charge in [0.15, 0.2) is 5.69 Å². The fourth-order valence-corrected chi connectivity index (χ4v) is 4.06. The molecule has 0 saturated carbocycles. The molecule has 164 valence electrons. The number of ketones is 1. The van der Waals surface area contributed by atoms with Crippen molar-refractivity contribution < 1.29 is 4.79 Å². The normalized spacial score (nSPS) is 15.3. The van der Waals surface area contributed by atoms with Crippen molar-refractivity contribution in [3.63, 3.8) is 0 Å². The van der Waals surface area contributed by atoms with E-state index < -0.39 is 0 Å². The third-order valence-electron chi connectivity index (χ3n) is 5.21. The smallest absolute Gasteiger partial charge is 0.297 e. The number of anilines is 1. The van der Waals surface area contributed by atoms with Crippen LogP contribution < -0.4 is 10.5 Å². The number of hydrogen-bond acceptors (Lipinski definition) is 6. The van der Waals surface area contributed by atoms with Gasteiger partial charge >= 0.3 is 0 Å². The molecule has 1 fully saturated rings. The summed E-state index contributed by atoms with van der Waals surface area (Å²) in [6.45, 7) is 1.81. The monoisotopic (exact) mass is 448 g/mol. The number of carbonyl (C=O) groups is 1. The molecule has 0 spiro atoms. The van der Waals surface area contributed by atoms with E-state index >= 15 is 0 Å². The molecule has 2 aromatic carbocycles. The number of para-hydroxylation sites is 1. The molecule has 0 aliphatic carbocycles. The summed E-state index contributed by atoms with van der Waals surface area (Å²) in [6, 6.07) is 17.2. The average Bonchev–Trinajstić information content (AvgIpc) is 3.25. The lowest BCUT2D eigenvalue weighted by molar-refractivity contribution is -0.110. The van der Waals surface area contributed by atoms with Gasteiger partial charge in [-0.1, -0.05) is 30.3 Å². The van der Waals surface area contributed by atoms with E-state index in [1.165, 1.54) is 16.4 Å². The molecule has 2 heterocycles. The number of carbonyl (C=O) groups excluding carboxylic acids is 1. The van der Waals surface area contributed by atoms with Crippen LogP contribution in [0.2, 0.25) is 0 Å². The predicted octanol–water partition coefficient (Wildman–Crippen LogP) is 3.15. The Morgan fingerprint density at radius 1 is 1.03 bits per heavy atom. The summed E-state index contributed by atoms with van der Waals surface area (Å²) in [5.74, 6) is 0.222. The Hall–Kier alpha value is -3.59. The van der Waals surface area contributed by atoms with Crippen LogP contribution in [-0.4, -0.2) is 51.5 Å². The number of hydrazone groups is 1. The number of aromatic nitrogens is 2. The third kappa shape index (κ3) is 4.11. The third-order valence-corrected chi connectivity index (χ3v) is 6.11. The molecule has 1 aromatic heterocycles. The molecule has 0 bridgehead atoms. The molecule has 0 unspecified atom stereocenters. The van der Waals surface area contributed by atoms with Gasteiger partial charge in [-0.25, -0.2) is 9.67 Å². The lowest BCUT2D eigenvalue weighted by Gasteiger charge is -2.12. The summed E-state index contributed by atoms with van der Waals surface area (Å²) in [6.07, 6.45) is 1.68. The van der Waals surface area contributed by atoms with Crippen LogP contribution in [-0.2, 0) is 11.8 Å². The van der Waals surface area contributed by atoms with Gasteiger partial charge in [-0.2, -0.15) is 9.52 Å². The second-order valence-corrected chi connectivity index (χ2v) is 8.44. The Labute approximate surface area is 190 Å². The van der Waals surface area contributed by atoms with Crippen molar-refractivity contribution in [3.05, 3.63) is 76.2 Å². The van der Waals surface area contributed by atoms with Crippen molar-refractivity contribution in [1.82, 2.24) is 13.8 Å². The second-order valence-electron chi connectivity index (χ2n) is 7.55. The quantitative estimate of drug-likeness (QED) is 0.443. The predicted molar refractivity (Wildman–Crippen MR) is 131 cm³/mol. The zero-order valence-corrected chi connectivity index (χ0v) is 19.2. The van der Waals surface area contributed by atoms with Gasteiger partial charge in [-0.05, 0) is 48.7 Å². The lowest BCUT2D eigenvalue weighted by atomic mass is 10.2. The number of rotatable bonds is 5. The van der Waals surface area contributed by atoms with Crippen molar-refractivity contribution in [3.8, 4) is 5.69 Å². The van der Waals surface area contributed by atoms with Crippen molar-refractivity contribution in [2.24, 2.45) is 17.1 Å². The highest BCUT2D eigenvalue weighted by Gasteiger charge is 2.30. The van der Waals surface area contributed by atoms with E-state index in [9.17, 15) is 9.59 Å². The second kappa shape index (κ2) is 8.88. The lowest BCUT2D eigenvalue weighted by Crippen LogP contribution is -2.22. The highest BCUT2D eigenvalue weighted by atomic mass is 32.2. The van der Waals surface area contributed by atoms with E-state index in [4.69, 9.17) is 0 Å². The van der Waals surface area contributed by atoms with E-state index in [2.05, 4.69) is 10.1 Å². The number of Topliss-reactive ketones (excluding diaryl/α,β-unsaturated/α-hetero) is 1. The van der Waals surface area contributed by atoms with Crippen molar-refractivity contribution in [2.45, 2.75) is 6.92 Å². The van der Waals surface area contributed by atoms with Gasteiger partial charge in [0.05, 0.1) is 23.3 Å². The minimum atomic E-state index is -0.281. The highest BCUT2D eigenvalue weighted by Crippen LogP contribution is 2.25. The molecule has 9 heteroatoms. The van der Waals surface area contributed by atoms with Crippen LogP contribution in [0.3, 0.4) is 0 Å². The first kappa shape index (κ1) is 21.6. The first-order valence-electron chi connectivity index (χ1n) is 10.1. The minimum absolute atomic E-state index is 0.155. The maximum absolute atomic E-state index is 13.1. The summed E-state index contributed by atoms with van der Waals surface area (Å²) >= 11 is 1.26. The zero-order valence-electron chi connectivity index (χ0n) is 18.4. The van der Waals surface area contributed by atoms with Crippen LogP contribution in [0.15, 0.2) is 69.5 Å². The fourth-order valence-electron chi connectivity index (χ4n) is 3.31. The first-order valence-corrected chi connectivity index (χ1v) is 11.0. The van der Waals surface area contributed by atoms with Crippen LogP contribution in [0.1, 0.15) is 11.3 Å². The standard InChI is InChI=1S/C23H24N6O2S/c1-16-21(23(31)28(27(16)4)19-8-6-5-7-9-19)25-22-20(30)15-32-29(22)24-14-17-10-12-18(13-11-17)26(2)3/h5-14H,15H2,1-4H3/b24-14-,25-22?. The van der Waals surface area contributed by atoms with E-state index in [1.807, 2.05) is 80.5 Å². The number of amidine groups is 1. The summed E-state index contributed by atoms with van der Waals surface area (Å²) in [5.41, 5.74) is 3.34. The average molecular weight is 449 g/mol. The highest BCUT2D eigenvalue weighted by molar-refractivity contribution is 7.99. The summed E-state index contributed by atoms with van der Waals surface area (Å²) in [5, 5.41) is 4.43. The zero-order chi connectivity index (χ0) is 22.8. The molecule has 3 aromatic rings. The molecule has 0 radical (unpaired) electrons. The van der Waals surface area contributed by atoms with Crippen LogP contribution in [0.25, 0.3) is 5.69 Å². The Balaban J connectivity index is 1.67. The molecule has 0 atom stereocenters. The van der Waals surface area contributed by atoms with E-state index in [0.717, 1.165) is 16.9 Å². The Morgan fingerprint density at radius 2 is 1.72 bits per heavy atom. The number of benzene rings is 2. The van der Waals surface area contributed by atoms with Crippen LogP contribution in [0.4, 0.5) is 11.4 Å². The first-order chi connectivity index (χ1) is 15.4. The SMILES string of the molecule is Cc1c(N=C2C(=O)CSN2/N=C\c2ccc(N(C)C)cc2)c(=O)n(-c2ccccc2)n1C. The molecule has 0 N–H and O–H groups in total. The van der Waals surface area contributed by atoms with Gasteiger partial charge in [-0.15, -0.1) is 0 Å². The Bertz CT molecular complexity index is 1260. The fraction of sp³-hybridized carbons (Fsp3) is 0.217. The van der Waals surface area contributed by atoms with Crippen LogP contribution in [0.5, 0.6) is 0 Å². The molecule has 32 heavy (non-hydrogen) atoms. The summed E-state index contributed by atoms with van der Waals surface area (Å²) in [7, 11) is 5.76. The van der Waals surface area contributed by atoms with Crippen LogP contribution in [0, 0.1) is 6.92 Å².